The number of carbonyl (C=O) groups is 1. The van der Waals surface area contributed by atoms with Gasteiger partial charge in [0, 0.05) is 30.3 Å². The molecule has 0 bridgehead atoms. The Morgan fingerprint density at radius 1 is 1.31 bits per heavy atom. The summed E-state index contributed by atoms with van der Waals surface area (Å²) in [5.74, 6) is 0.755. The van der Waals surface area contributed by atoms with Crippen LogP contribution in [0, 0.1) is 5.82 Å². The summed E-state index contributed by atoms with van der Waals surface area (Å²) in [6.45, 7) is 1.09. The fraction of sp³-hybridized carbons (Fsp3) is 0.211. The fourth-order valence-electron chi connectivity index (χ4n) is 2.94. The second-order valence-electron chi connectivity index (χ2n) is 6.00. The van der Waals surface area contributed by atoms with Gasteiger partial charge in [0.1, 0.15) is 29.6 Å². The molecular formula is C19H16FN3O3. The molecule has 3 heterocycles. The minimum absolute atomic E-state index is 0.213. The van der Waals surface area contributed by atoms with Gasteiger partial charge in [-0.15, -0.1) is 0 Å². The number of amides is 1. The van der Waals surface area contributed by atoms with Gasteiger partial charge in [-0.3, -0.25) is 9.78 Å². The van der Waals surface area contributed by atoms with E-state index < -0.39 is 5.82 Å². The zero-order chi connectivity index (χ0) is 17.9. The topological polar surface area (TPSA) is 68.5 Å². The number of ether oxygens (including phenoxy) is 1. The molecule has 0 N–H and O–H groups in total. The van der Waals surface area contributed by atoms with Gasteiger partial charge in [-0.05, 0) is 30.3 Å². The molecule has 7 heteroatoms. The van der Waals surface area contributed by atoms with E-state index in [1.165, 1.54) is 18.2 Å². The van der Waals surface area contributed by atoms with Crippen molar-refractivity contribution >= 4 is 5.91 Å². The maximum absolute atomic E-state index is 13.4. The third kappa shape index (κ3) is 3.28. The van der Waals surface area contributed by atoms with Gasteiger partial charge in [-0.25, -0.2) is 4.39 Å². The quantitative estimate of drug-likeness (QED) is 0.721. The van der Waals surface area contributed by atoms with Gasteiger partial charge in [-0.1, -0.05) is 11.2 Å². The Kier molecular flexibility index (Phi) is 4.35. The van der Waals surface area contributed by atoms with Crippen LogP contribution in [0.1, 0.15) is 27.4 Å². The zero-order valence-electron chi connectivity index (χ0n) is 13.9. The predicted molar refractivity (Wildman–Crippen MR) is 89.9 cm³/mol. The molecule has 0 unspecified atom stereocenters. The lowest BCUT2D eigenvalue weighted by molar-refractivity contribution is 0.0727. The average molecular weight is 353 g/mol. The summed E-state index contributed by atoms with van der Waals surface area (Å²) in [5.41, 5.74) is 1.84. The van der Waals surface area contributed by atoms with Crippen molar-refractivity contribution in [1.29, 1.82) is 0 Å². The second kappa shape index (κ2) is 6.95. The van der Waals surface area contributed by atoms with Gasteiger partial charge in [0.15, 0.2) is 0 Å². The summed E-state index contributed by atoms with van der Waals surface area (Å²) >= 11 is 0. The van der Waals surface area contributed by atoms with Crippen molar-refractivity contribution in [2.24, 2.45) is 0 Å². The lowest BCUT2D eigenvalue weighted by Gasteiger charge is -2.26. The number of hydrogen-bond acceptors (Lipinski definition) is 5. The number of fused-ring (bicyclic) bond motifs is 1. The van der Waals surface area contributed by atoms with E-state index in [0.717, 1.165) is 11.3 Å². The van der Waals surface area contributed by atoms with Gasteiger partial charge in [0.25, 0.3) is 5.91 Å². The lowest BCUT2D eigenvalue weighted by atomic mass is 10.0. The van der Waals surface area contributed by atoms with Crippen molar-refractivity contribution in [3.8, 4) is 5.75 Å². The minimum atomic E-state index is -0.427. The van der Waals surface area contributed by atoms with Crippen LogP contribution >= 0.6 is 0 Å². The first kappa shape index (κ1) is 16.3. The van der Waals surface area contributed by atoms with Gasteiger partial charge < -0.3 is 14.2 Å². The Balaban J connectivity index is 1.49. The van der Waals surface area contributed by atoms with Gasteiger partial charge in [0.2, 0.25) is 0 Å². The molecule has 0 radical (unpaired) electrons. The smallest absolute Gasteiger partial charge is 0.254 e. The highest BCUT2D eigenvalue weighted by Gasteiger charge is 2.27. The van der Waals surface area contributed by atoms with Crippen LogP contribution in [0.25, 0.3) is 0 Å². The van der Waals surface area contributed by atoms with Crippen molar-refractivity contribution in [3.63, 3.8) is 0 Å². The Labute approximate surface area is 149 Å². The van der Waals surface area contributed by atoms with Gasteiger partial charge in [0.05, 0.1) is 12.7 Å². The summed E-state index contributed by atoms with van der Waals surface area (Å²) in [6.07, 6.45) is 3.85. The standard InChI is InChI=1S/C19H16FN3O3/c20-14-4-1-3-13(9-14)19(24)23-8-6-18-16(11-23)17(22-26-18)12-25-15-5-2-7-21-10-15/h1-5,7,9-10H,6,8,11-12H2. The highest BCUT2D eigenvalue weighted by molar-refractivity contribution is 5.94. The summed E-state index contributed by atoms with van der Waals surface area (Å²) in [5, 5.41) is 4.08. The summed E-state index contributed by atoms with van der Waals surface area (Å²) in [7, 11) is 0. The molecule has 0 saturated heterocycles. The fourth-order valence-corrected chi connectivity index (χ4v) is 2.94. The van der Waals surface area contributed by atoms with Crippen molar-refractivity contribution in [1.82, 2.24) is 15.0 Å². The maximum Gasteiger partial charge on any atom is 0.254 e. The van der Waals surface area contributed by atoms with Crippen molar-refractivity contribution in [2.75, 3.05) is 6.54 Å². The molecular weight excluding hydrogens is 337 g/mol. The molecule has 4 rings (SSSR count). The van der Waals surface area contributed by atoms with Crippen molar-refractivity contribution in [2.45, 2.75) is 19.6 Å². The molecule has 1 aliphatic heterocycles. The summed E-state index contributed by atoms with van der Waals surface area (Å²) < 4.78 is 24.5. The molecule has 0 spiro atoms. The lowest BCUT2D eigenvalue weighted by Crippen LogP contribution is -2.36. The van der Waals surface area contributed by atoms with Crippen LogP contribution in [0.4, 0.5) is 4.39 Å². The molecule has 3 aromatic rings. The monoisotopic (exact) mass is 353 g/mol. The van der Waals surface area contributed by atoms with Gasteiger partial charge >= 0.3 is 0 Å². The van der Waals surface area contributed by atoms with E-state index in [-0.39, 0.29) is 12.5 Å². The van der Waals surface area contributed by atoms with Crippen LogP contribution in [-0.4, -0.2) is 27.5 Å². The largest absolute Gasteiger partial charge is 0.486 e. The first-order valence-electron chi connectivity index (χ1n) is 8.24. The predicted octanol–water partition coefficient (Wildman–Crippen LogP) is 2.99. The van der Waals surface area contributed by atoms with Crippen LogP contribution in [0.2, 0.25) is 0 Å². The molecule has 1 amide bonds. The molecule has 0 aliphatic carbocycles. The van der Waals surface area contributed by atoms with E-state index in [4.69, 9.17) is 9.26 Å². The molecule has 6 nitrogen and oxygen atoms in total. The van der Waals surface area contributed by atoms with Crippen LogP contribution in [-0.2, 0) is 19.6 Å². The highest BCUT2D eigenvalue weighted by atomic mass is 19.1. The van der Waals surface area contributed by atoms with E-state index >= 15 is 0 Å². The summed E-state index contributed by atoms with van der Waals surface area (Å²) in [4.78, 5) is 18.3. The van der Waals surface area contributed by atoms with Crippen molar-refractivity contribution < 1.29 is 18.4 Å². The first-order valence-corrected chi connectivity index (χ1v) is 8.24. The average Bonchev–Trinajstić information content (AvgIpc) is 3.09. The highest BCUT2D eigenvalue weighted by Crippen LogP contribution is 2.25. The zero-order valence-corrected chi connectivity index (χ0v) is 13.9. The summed E-state index contributed by atoms with van der Waals surface area (Å²) in [6, 6.07) is 9.30. The third-order valence-electron chi connectivity index (χ3n) is 4.28. The molecule has 132 valence electrons. The number of hydrogen-bond donors (Lipinski definition) is 0. The van der Waals surface area contributed by atoms with Crippen LogP contribution in [0.5, 0.6) is 5.75 Å². The molecule has 0 fully saturated rings. The maximum atomic E-state index is 13.4. The Morgan fingerprint density at radius 2 is 2.23 bits per heavy atom. The number of aromatic nitrogens is 2. The Hall–Kier alpha value is -3.22. The molecule has 1 aromatic carbocycles. The number of carbonyl (C=O) groups excluding carboxylic acids is 1. The Bertz CT molecular complexity index is 927. The molecule has 1 aliphatic rings. The van der Waals surface area contributed by atoms with Crippen LogP contribution < -0.4 is 4.74 Å². The number of pyridine rings is 1. The minimum Gasteiger partial charge on any atom is -0.486 e. The van der Waals surface area contributed by atoms with E-state index in [1.54, 1.807) is 35.5 Å². The molecule has 26 heavy (non-hydrogen) atoms. The number of halogens is 1. The SMILES string of the molecule is O=C(c1cccc(F)c1)N1CCc2onc(COc3cccnc3)c2C1. The number of benzene rings is 1. The molecule has 2 aromatic heterocycles. The second-order valence-corrected chi connectivity index (χ2v) is 6.00. The molecule has 0 saturated carbocycles. The number of rotatable bonds is 4. The molecule has 0 atom stereocenters. The normalized spacial score (nSPS) is 13.3. The van der Waals surface area contributed by atoms with Crippen LogP contribution in [0.15, 0.2) is 53.3 Å². The first-order chi connectivity index (χ1) is 12.7. The number of nitrogens with zero attached hydrogens (tertiary/aromatic N) is 3. The van der Waals surface area contributed by atoms with Crippen molar-refractivity contribution in [3.05, 3.63) is 77.2 Å². The van der Waals surface area contributed by atoms with E-state index in [9.17, 15) is 9.18 Å². The van der Waals surface area contributed by atoms with E-state index in [0.29, 0.717) is 36.5 Å². The Morgan fingerprint density at radius 3 is 3.04 bits per heavy atom. The third-order valence-corrected chi connectivity index (χ3v) is 4.28. The van der Waals surface area contributed by atoms with Crippen LogP contribution in [0.3, 0.4) is 0 Å². The van der Waals surface area contributed by atoms with E-state index in [1.807, 2.05) is 0 Å². The van der Waals surface area contributed by atoms with E-state index in [2.05, 4.69) is 10.1 Å². The van der Waals surface area contributed by atoms with Gasteiger partial charge in [-0.2, -0.15) is 0 Å².